The third-order valence-corrected chi connectivity index (χ3v) is 6.32. The molecule has 1 saturated heterocycles. The Labute approximate surface area is 203 Å². The van der Waals surface area contributed by atoms with Crippen LogP contribution in [-0.2, 0) is 4.79 Å². The van der Waals surface area contributed by atoms with Gasteiger partial charge in [0.25, 0.3) is 11.7 Å². The molecular formula is C28H26FN3O3. The summed E-state index contributed by atoms with van der Waals surface area (Å²) in [6, 6.07) is 21.5. The summed E-state index contributed by atoms with van der Waals surface area (Å²) in [6.45, 7) is 4.49. The maximum atomic E-state index is 13.6. The number of carbonyl (C=O) groups excluding carboxylic acids is 2. The Morgan fingerprint density at radius 3 is 2.31 bits per heavy atom. The van der Waals surface area contributed by atoms with E-state index in [-0.39, 0.29) is 5.82 Å². The fraction of sp³-hybridized carbons (Fsp3) is 0.214. The lowest BCUT2D eigenvalue weighted by Gasteiger charge is -2.35. The number of nitrogens with zero attached hydrogens (tertiary/aromatic N) is 3. The Bertz CT molecular complexity index is 1350. The number of ether oxygens (including phenoxy) is 1. The van der Waals surface area contributed by atoms with Crippen LogP contribution in [0.1, 0.15) is 17.4 Å². The molecule has 35 heavy (non-hydrogen) atoms. The molecule has 3 heterocycles. The molecule has 0 radical (unpaired) electrons. The highest BCUT2D eigenvalue weighted by molar-refractivity contribution is 6.43. The molecule has 0 atom stereocenters. The molecule has 0 spiro atoms. The lowest BCUT2D eigenvalue weighted by atomic mass is 10.0. The minimum absolute atomic E-state index is 0.282. The van der Waals surface area contributed by atoms with Crippen molar-refractivity contribution in [2.24, 2.45) is 0 Å². The van der Waals surface area contributed by atoms with Gasteiger partial charge in [-0.1, -0.05) is 18.2 Å². The number of Topliss-reactive ketones (excluding diaryl/α,β-unsaturated/α-hetero) is 1. The molecule has 1 aliphatic rings. The topological polar surface area (TPSA) is 54.3 Å². The first-order chi connectivity index (χ1) is 17.0. The minimum atomic E-state index is -0.532. The van der Waals surface area contributed by atoms with E-state index in [2.05, 4.69) is 4.90 Å². The normalized spacial score (nSPS) is 13.8. The minimum Gasteiger partial charge on any atom is -0.494 e. The maximum absolute atomic E-state index is 13.6. The second-order valence-electron chi connectivity index (χ2n) is 8.44. The van der Waals surface area contributed by atoms with E-state index in [1.807, 2.05) is 55.5 Å². The van der Waals surface area contributed by atoms with E-state index in [0.717, 1.165) is 22.5 Å². The number of rotatable bonds is 6. The van der Waals surface area contributed by atoms with Crippen LogP contribution in [0.25, 0.3) is 16.6 Å². The number of hydrogen-bond donors (Lipinski definition) is 0. The fourth-order valence-corrected chi connectivity index (χ4v) is 4.54. The Hall–Kier alpha value is -4.13. The summed E-state index contributed by atoms with van der Waals surface area (Å²) < 4.78 is 20.6. The Morgan fingerprint density at radius 1 is 0.914 bits per heavy atom. The van der Waals surface area contributed by atoms with Gasteiger partial charge >= 0.3 is 0 Å². The van der Waals surface area contributed by atoms with Crippen molar-refractivity contribution >= 4 is 22.9 Å². The number of piperazine rings is 1. The quantitative estimate of drug-likeness (QED) is 0.303. The molecule has 0 saturated carbocycles. The van der Waals surface area contributed by atoms with Crippen LogP contribution in [0.2, 0.25) is 0 Å². The van der Waals surface area contributed by atoms with Crippen molar-refractivity contribution in [1.29, 1.82) is 0 Å². The van der Waals surface area contributed by atoms with E-state index < -0.39 is 11.7 Å². The molecule has 1 amide bonds. The van der Waals surface area contributed by atoms with Gasteiger partial charge in [0.2, 0.25) is 0 Å². The number of halogens is 1. The summed E-state index contributed by atoms with van der Waals surface area (Å²) in [4.78, 5) is 30.6. The number of ketones is 1. The van der Waals surface area contributed by atoms with E-state index >= 15 is 0 Å². The second-order valence-corrected chi connectivity index (χ2v) is 8.44. The molecule has 0 N–H and O–H groups in total. The van der Waals surface area contributed by atoms with Gasteiger partial charge in [-0.25, -0.2) is 4.39 Å². The first kappa shape index (κ1) is 22.7. The molecule has 4 aromatic rings. The van der Waals surface area contributed by atoms with Crippen molar-refractivity contribution in [3.8, 4) is 16.9 Å². The highest BCUT2D eigenvalue weighted by Gasteiger charge is 2.30. The number of fused-ring (bicyclic) bond motifs is 1. The van der Waals surface area contributed by atoms with Crippen molar-refractivity contribution in [1.82, 2.24) is 9.30 Å². The summed E-state index contributed by atoms with van der Waals surface area (Å²) >= 11 is 0. The lowest BCUT2D eigenvalue weighted by Crippen LogP contribution is -2.50. The predicted octanol–water partition coefficient (Wildman–Crippen LogP) is 4.68. The van der Waals surface area contributed by atoms with Crippen LogP contribution in [0.5, 0.6) is 5.75 Å². The standard InChI is InChI=1S/C28H26FN3O3/c1-2-35-24-12-6-20(7-13-24)25-19-23-5-3-4-14-32(23)26(25)27(33)28(34)31-17-15-30(16-18-31)22-10-8-21(29)9-11-22/h3-14,19H,2,15-18H2,1H3. The third-order valence-electron chi connectivity index (χ3n) is 6.32. The Kier molecular flexibility index (Phi) is 6.23. The zero-order chi connectivity index (χ0) is 24.4. The van der Waals surface area contributed by atoms with Crippen LogP contribution in [0.15, 0.2) is 79.0 Å². The molecule has 1 aliphatic heterocycles. The number of amides is 1. The molecule has 0 unspecified atom stereocenters. The van der Waals surface area contributed by atoms with Gasteiger partial charge in [-0.05, 0) is 67.1 Å². The van der Waals surface area contributed by atoms with Gasteiger partial charge in [-0.2, -0.15) is 0 Å². The summed E-state index contributed by atoms with van der Waals surface area (Å²) in [5, 5.41) is 0. The summed E-state index contributed by atoms with van der Waals surface area (Å²) in [5.74, 6) is -0.575. The first-order valence-corrected chi connectivity index (χ1v) is 11.7. The van der Waals surface area contributed by atoms with Crippen LogP contribution in [-0.4, -0.2) is 53.8 Å². The molecule has 0 aliphatic carbocycles. The highest BCUT2D eigenvalue weighted by Crippen LogP contribution is 2.30. The van der Waals surface area contributed by atoms with Crippen LogP contribution >= 0.6 is 0 Å². The number of pyridine rings is 1. The lowest BCUT2D eigenvalue weighted by molar-refractivity contribution is -0.126. The van der Waals surface area contributed by atoms with Crippen LogP contribution < -0.4 is 9.64 Å². The molecule has 178 valence electrons. The van der Waals surface area contributed by atoms with Crippen molar-refractivity contribution in [3.63, 3.8) is 0 Å². The van der Waals surface area contributed by atoms with Gasteiger partial charge in [0.1, 0.15) is 17.3 Å². The van der Waals surface area contributed by atoms with Gasteiger partial charge in [0.15, 0.2) is 0 Å². The summed E-state index contributed by atoms with van der Waals surface area (Å²) in [5.41, 5.74) is 3.65. The monoisotopic (exact) mass is 471 g/mol. The molecule has 6 nitrogen and oxygen atoms in total. The first-order valence-electron chi connectivity index (χ1n) is 11.7. The zero-order valence-corrected chi connectivity index (χ0v) is 19.5. The van der Waals surface area contributed by atoms with Crippen molar-refractivity contribution < 1.29 is 18.7 Å². The van der Waals surface area contributed by atoms with E-state index in [9.17, 15) is 14.0 Å². The molecule has 5 rings (SSSR count). The Balaban J connectivity index is 1.40. The van der Waals surface area contributed by atoms with Gasteiger partial charge < -0.3 is 18.9 Å². The molecule has 2 aromatic heterocycles. The molecule has 0 bridgehead atoms. The highest BCUT2D eigenvalue weighted by atomic mass is 19.1. The zero-order valence-electron chi connectivity index (χ0n) is 19.5. The van der Waals surface area contributed by atoms with Crippen molar-refractivity contribution in [3.05, 3.63) is 90.5 Å². The van der Waals surface area contributed by atoms with E-state index in [1.165, 1.54) is 12.1 Å². The maximum Gasteiger partial charge on any atom is 0.296 e. The van der Waals surface area contributed by atoms with Crippen LogP contribution in [0, 0.1) is 5.82 Å². The third kappa shape index (κ3) is 4.49. The molecule has 2 aromatic carbocycles. The van der Waals surface area contributed by atoms with Crippen molar-refractivity contribution in [2.45, 2.75) is 6.92 Å². The average molecular weight is 472 g/mol. The summed E-state index contributed by atoms with van der Waals surface area (Å²) in [7, 11) is 0. The predicted molar refractivity (Wildman–Crippen MR) is 134 cm³/mol. The summed E-state index contributed by atoms with van der Waals surface area (Å²) in [6.07, 6.45) is 1.81. The van der Waals surface area contributed by atoms with E-state index in [0.29, 0.717) is 44.0 Å². The van der Waals surface area contributed by atoms with Gasteiger partial charge in [0.05, 0.1) is 6.61 Å². The SMILES string of the molecule is CCOc1ccc(-c2cc3ccccn3c2C(=O)C(=O)N2CCN(c3ccc(F)cc3)CC2)cc1. The molecule has 1 fully saturated rings. The van der Waals surface area contributed by atoms with Crippen molar-refractivity contribution in [2.75, 3.05) is 37.7 Å². The number of anilines is 1. The number of benzene rings is 2. The van der Waals surface area contributed by atoms with Gasteiger partial charge in [-0.15, -0.1) is 0 Å². The van der Waals surface area contributed by atoms with Crippen LogP contribution in [0.4, 0.5) is 10.1 Å². The molecule has 7 heteroatoms. The number of aromatic nitrogens is 1. The van der Waals surface area contributed by atoms with E-state index in [1.54, 1.807) is 27.6 Å². The van der Waals surface area contributed by atoms with Gasteiger partial charge in [0, 0.05) is 49.1 Å². The fourth-order valence-electron chi connectivity index (χ4n) is 4.54. The smallest absolute Gasteiger partial charge is 0.296 e. The largest absolute Gasteiger partial charge is 0.494 e. The molecular weight excluding hydrogens is 445 g/mol. The Morgan fingerprint density at radius 2 is 1.63 bits per heavy atom. The number of carbonyl (C=O) groups is 2. The number of hydrogen-bond acceptors (Lipinski definition) is 4. The second kappa shape index (κ2) is 9.62. The van der Waals surface area contributed by atoms with Crippen LogP contribution in [0.3, 0.4) is 0 Å². The van der Waals surface area contributed by atoms with Gasteiger partial charge in [-0.3, -0.25) is 9.59 Å². The average Bonchev–Trinajstić information content (AvgIpc) is 3.29. The van der Waals surface area contributed by atoms with E-state index in [4.69, 9.17) is 4.74 Å².